The van der Waals surface area contributed by atoms with Gasteiger partial charge in [-0.2, -0.15) is 0 Å². The summed E-state index contributed by atoms with van der Waals surface area (Å²) in [5, 5.41) is 19.1. The molecule has 0 spiro atoms. The first-order chi connectivity index (χ1) is 8.45. The Labute approximate surface area is 111 Å². The smallest absolute Gasteiger partial charge is 0.119 e. The maximum absolute atomic E-state index is 9.54. The molecule has 2 nitrogen and oxygen atoms in total. The van der Waals surface area contributed by atoms with Gasteiger partial charge in [-0.15, -0.1) is 0 Å². The van der Waals surface area contributed by atoms with E-state index in [9.17, 15) is 10.2 Å². The van der Waals surface area contributed by atoms with Gasteiger partial charge in [-0.3, -0.25) is 0 Å². The monoisotopic (exact) mass is 250 g/mol. The molecule has 0 heterocycles. The summed E-state index contributed by atoms with van der Waals surface area (Å²) in [7, 11) is 0. The SMILES string of the molecule is CCCCC(C)C(C)C(C)c1cc(O)cc(O)c1. The first-order valence-corrected chi connectivity index (χ1v) is 6.98. The fourth-order valence-electron chi connectivity index (χ4n) is 2.47. The van der Waals surface area contributed by atoms with Crippen LogP contribution in [0.5, 0.6) is 11.5 Å². The highest BCUT2D eigenvalue weighted by Crippen LogP contribution is 2.35. The molecule has 0 radical (unpaired) electrons. The molecule has 0 bridgehead atoms. The summed E-state index contributed by atoms with van der Waals surface area (Å²) in [5.74, 6) is 1.83. The zero-order valence-corrected chi connectivity index (χ0v) is 12.0. The lowest BCUT2D eigenvalue weighted by Crippen LogP contribution is -2.15. The predicted octanol–water partition coefficient (Wildman–Crippen LogP) is 4.66. The third-order valence-electron chi connectivity index (χ3n) is 4.15. The third kappa shape index (κ3) is 3.94. The van der Waals surface area contributed by atoms with Gasteiger partial charge >= 0.3 is 0 Å². The molecule has 18 heavy (non-hydrogen) atoms. The van der Waals surface area contributed by atoms with E-state index in [0.29, 0.717) is 17.8 Å². The van der Waals surface area contributed by atoms with E-state index in [1.165, 1.54) is 25.3 Å². The molecule has 2 N–H and O–H groups in total. The quantitative estimate of drug-likeness (QED) is 0.770. The van der Waals surface area contributed by atoms with Crippen LogP contribution in [0.3, 0.4) is 0 Å². The summed E-state index contributed by atoms with van der Waals surface area (Å²) >= 11 is 0. The van der Waals surface area contributed by atoms with E-state index in [4.69, 9.17) is 0 Å². The molecule has 0 fully saturated rings. The Balaban J connectivity index is 2.75. The fraction of sp³-hybridized carbons (Fsp3) is 0.625. The highest BCUT2D eigenvalue weighted by molar-refractivity contribution is 5.38. The lowest BCUT2D eigenvalue weighted by Gasteiger charge is -2.26. The van der Waals surface area contributed by atoms with E-state index in [-0.39, 0.29) is 11.5 Å². The van der Waals surface area contributed by atoms with Crippen LogP contribution >= 0.6 is 0 Å². The van der Waals surface area contributed by atoms with Crippen LogP contribution < -0.4 is 0 Å². The lowest BCUT2D eigenvalue weighted by atomic mass is 9.79. The Kier molecular flexibility index (Phi) is 5.52. The van der Waals surface area contributed by atoms with Crippen LogP contribution in [-0.2, 0) is 0 Å². The van der Waals surface area contributed by atoms with Gasteiger partial charge in [-0.25, -0.2) is 0 Å². The predicted molar refractivity (Wildman–Crippen MR) is 76.0 cm³/mol. The number of rotatable bonds is 6. The van der Waals surface area contributed by atoms with E-state index in [2.05, 4.69) is 27.7 Å². The Morgan fingerprint density at radius 3 is 2.06 bits per heavy atom. The zero-order chi connectivity index (χ0) is 13.7. The highest BCUT2D eigenvalue weighted by Gasteiger charge is 2.20. The number of aromatic hydroxyl groups is 2. The molecular formula is C16H26O2. The van der Waals surface area contributed by atoms with Gasteiger partial charge in [0, 0.05) is 6.07 Å². The Morgan fingerprint density at radius 1 is 1.00 bits per heavy atom. The molecule has 0 saturated carbocycles. The molecule has 0 aliphatic heterocycles. The molecule has 0 saturated heterocycles. The van der Waals surface area contributed by atoms with Crippen LogP contribution in [0.25, 0.3) is 0 Å². The van der Waals surface area contributed by atoms with Crippen LogP contribution in [-0.4, -0.2) is 10.2 Å². The summed E-state index contributed by atoms with van der Waals surface area (Å²) in [5.41, 5.74) is 1.02. The summed E-state index contributed by atoms with van der Waals surface area (Å²) in [6.07, 6.45) is 3.74. The number of benzene rings is 1. The van der Waals surface area contributed by atoms with Gasteiger partial charge in [0.25, 0.3) is 0 Å². The molecule has 2 heteroatoms. The van der Waals surface area contributed by atoms with Crippen molar-refractivity contribution in [2.24, 2.45) is 11.8 Å². The molecule has 1 aromatic rings. The minimum Gasteiger partial charge on any atom is -0.508 e. The second kappa shape index (κ2) is 6.67. The highest BCUT2D eigenvalue weighted by atomic mass is 16.3. The van der Waals surface area contributed by atoms with Gasteiger partial charge in [-0.1, -0.05) is 47.0 Å². The van der Waals surface area contributed by atoms with Crippen molar-refractivity contribution in [1.29, 1.82) is 0 Å². The number of phenolic OH excluding ortho intramolecular Hbond substituents is 2. The molecule has 3 unspecified atom stereocenters. The first-order valence-electron chi connectivity index (χ1n) is 6.98. The van der Waals surface area contributed by atoms with E-state index in [1.807, 2.05) is 0 Å². The summed E-state index contributed by atoms with van der Waals surface area (Å²) in [4.78, 5) is 0. The number of unbranched alkanes of at least 4 members (excludes halogenated alkanes) is 1. The Hall–Kier alpha value is -1.18. The summed E-state index contributed by atoms with van der Waals surface area (Å²) < 4.78 is 0. The molecule has 1 rings (SSSR count). The average Bonchev–Trinajstić information content (AvgIpc) is 2.32. The normalized spacial score (nSPS) is 16.2. The molecule has 0 amide bonds. The van der Waals surface area contributed by atoms with Crippen molar-refractivity contribution < 1.29 is 10.2 Å². The molecule has 3 atom stereocenters. The van der Waals surface area contributed by atoms with Crippen molar-refractivity contribution in [3.8, 4) is 11.5 Å². The van der Waals surface area contributed by atoms with Crippen molar-refractivity contribution in [2.45, 2.75) is 52.9 Å². The van der Waals surface area contributed by atoms with Gasteiger partial charge < -0.3 is 10.2 Å². The van der Waals surface area contributed by atoms with Crippen molar-refractivity contribution >= 4 is 0 Å². The maximum Gasteiger partial charge on any atom is 0.119 e. The van der Waals surface area contributed by atoms with Gasteiger partial charge in [-0.05, 0) is 35.4 Å². The lowest BCUT2D eigenvalue weighted by molar-refractivity contribution is 0.312. The summed E-state index contributed by atoms with van der Waals surface area (Å²) in [6.45, 7) is 8.93. The van der Waals surface area contributed by atoms with Crippen LogP contribution in [0.2, 0.25) is 0 Å². The molecule has 0 aliphatic carbocycles. The molecule has 1 aromatic carbocycles. The van der Waals surface area contributed by atoms with Crippen LogP contribution in [0.1, 0.15) is 58.4 Å². The van der Waals surface area contributed by atoms with Gasteiger partial charge in [0.1, 0.15) is 11.5 Å². The Bertz CT molecular complexity index is 353. The van der Waals surface area contributed by atoms with Gasteiger partial charge in [0.15, 0.2) is 0 Å². The van der Waals surface area contributed by atoms with Crippen molar-refractivity contribution in [1.82, 2.24) is 0 Å². The first kappa shape index (κ1) is 14.9. The van der Waals surface area contributed by atoms with Crippen molar-refractivity contribution in [2.75, 3.05) is 0 Å². The third-order valence-corrected chi connectivity index (χ3v) is 4.15. The number of hydrogen-bond donors (Lipinski definition) is 2. The van der Waals surface area contributed by atoms with E-state index < -0.39 is 0 Å². The number of phenols is 2. The fourth-order valence-corrected chi connectivity index (χ4v) is 2.47. The minimum absolute atomic E-state index is 0.144. The Morgan fingerprint density at radius 2 is 1.56 bits per heavy atom. The zero-order valence-electron chi connectivity index (χ0n) is 12.0. The second-order valence-corrected chi connectivity index (χ2v) is 5.55. The van der Waals surface area contributed by atoms with E-state index >= 15 is 0 Å². The summed E-state index contributed by atoms with van der Waals surface area (Å²) in [6, 6.07) is 4.89. The minimum atomic E-state index is 0.144. The van der Waals surface area contributed by atoms with E-state index in [0.717, 1.165) is 5.56 Å². The van der Waals surface area contributed by atoms with Crippen molar-refractivity contribution in [3.05, 3.63) is 23.8 Å². The van der Waals surface area contributed by atoms with Gasteiger partial charge in [0.2, 0.25) is 0 Å². The standard InChI is InChI=1S/C16H26O2/c1-5-6-7-11(2)12(3)13(4)14-8-15(17)10-16(18)9-14/h8-13,17-18H,5-7H2,1-4H3. The largest absolute Gasteiger partial charge is 0.508 e. The topological polar surface area (TPSA) is 40.5 Å². The molecule has 102 valence electrons. The maximum atomic E-state index is 9.54. The van der Waals surface area contributed by atoms with Gasteiger partial charge in [0.05, 0.1) is 0 Å². The number of hydrogen-bond acceptors (Lipinski definition) is 2. The molecule has 0 aromatic heterocycles. The van der Waals surface area contributed by atoms with Crippen LogP contribution in [0.15, 0.2) is 18.2 Å². The van der Waals surface area contributed by atoms with Crippen LogP contribution in [0.4, 0.5) is 0 Å². The average molecular weight is 250 g/mol. The second-order valence-electron chi connectivity index (χ2n) is 5.55. The van der Waals surface area contributed by atoms with Crippen molar-refractivity contribution in [3.63, 3.8) is 0 Å². The van der Waals surface area contributed by atoms with E-state index in [1.54, 1.807) is 12.1 Å². The molecule has 0 aliphatic rings. The molecular weight excluding hydrogens is 224 g/mol. The van der Waals surface area contributed by atoms with Crippen LogP contribution in [0, 0.1) is 11.8 Å².